The highest BCUT2D eigenvalue weighted by Gasteiger charge is 2.11. The molecule has 11 heteroatoms. The number of rotatable bonds is 6. The second kappa shape index (κ2) is 9.19. The molecule has 0 saturated carbocycles. The predicted octanol–water partition coefficient (Wildman–Crippen LogP) is 4.55. The van der Waals surface area contributed by atoms with Crippen LogP contribution in [0.25, 0.3) is 0 Å². The first kappa shape index (κ1) is 20.5. The largest absolute Gasteiger partial charge is 0.481 e. The average molecular weight is 554 g/mol. The van der Waals surface area contributed by atoms with E-state index in [-0.39, 0.29) is 17.9 Å². The Hall–Kier alpha value is -1.85. The van der Waals surface area contributed by atoms with Gasteiger partial charge in [-0.3, -0.25) is 14.9 Å². The molecule has 0 heterocycles. The van der Waals surface area contributed by atoms with Crippen LogP contribution >= 0.6 is 47.8 Å². The van der Waals surface area contributed by atoms with E-state index in [1.807, 2.05) is 0 Å². The lowest BCUT2D eigenvalue weighted by Gasteiger charge is -2.09. The second-order valence-electron chi connectivity index (χ2n) is 4.74. The smallest absolute Gasteiger partial charge is 0.277 e. The number of nitrogens with one attached hydrogen (secondary N) is 1. The maximum Gasteiger partial charge on any atom is 0.277 e. The SMILES string of the molecule is O=C(COc1c(Br)cc(Br)cc1Br)N/N=C/c1cc([N+](=O)[O-])ccc1F. The van der Waals surface area contributed by atoms with Crippen molar-refractivity contribution in [2.75, 3.05) is 6.61 Å². The van der Waals surface area contributed by atoms with E-state index >= 15 is 0 Å². The van der Waals surface area contributed by atoms with E-state index in [1.54, 1.807) is 12.1 Å². The van der Waals surface area contributed by atoms with E-state index in [1.165, 1.54) is 0 Å². The zero-order valence-electron chi connectivity index (χ0n) is 12.7. The Bertz CT molecular complexity index is 869. The molecule has 7 nitrogen and oxygen atoms in total. The summed E-state index contributed by atoms with van der Waals surface area (Å²) in [6, 6.07) is 6.50. The number of hydrogen-bond donors (Lipinski definition) is 1. The number of carbonyl (C=O) groups is 1. The van der Waals surface area contributed by atoms with Crippen LogP contribution in [0.1, 0.15) is 5.56 Å². The summed E-state index contributed by atoms with van der Waals surface area (Å²) in [5, 5.41) is 14.3. The van der Waals surface area contributed by atoms with Gasteiger partial charge in [-0.05, 0) is 50.1 Å². The minimum atomic E-state index is -0.701. The highest BCUT2D eigenvalue weighted by molar-refractivity contribution is 9.11. The highest BCUT2D eigenvalue weighted by atomic mass is 79.9. The van der Waals surface area contributed by atoms with E-state index in [0.29, 0.717) is 14.7 Å². The lowest BCUT2D eigenvalue weighted by Crippen LogP contribution is -2.24. The molecule has 2 aromatic rings. The van der Waals surface area contributed by atoms with Crippen molar-refractivity contribution in [3.63, 3.8) is 0 Å². The van der Waals surface area contributed by atoms with Gasteiger partial charge in [-0.15, -0.1) is 0 Å². The van der Waals surface area contributed by atoms with E-state index in [0.717, 1.165) is 28.9 Å². The van der Waals surface area contributed by atoms with Crippen molar-refractivity contribution in [1.82, 2.24) is 5.43 Å². The lowest BCUT2D eigenvalue weighted by atomic mass is 10.2. The minimum absolute atomic E-state index is 0.126. The van der Waals surface area contributed by atoms with Crippen LogP contribution in [0.5, 0.6) is 5.75 Å². The Kier molecular flexibility index (Phi) is 7.23. The Labute approximate surface area is 172 Å². The van der Waals surface area contributed by atoms with Crippen molar-refractivity contribution in [3.8, 4) is 5.75 Å². The molecule has 0 radical (unpaired) electrons. The maximum atomic E-state index is 13.6. The van der Waals surface area contributed by atoms with Crippen LogP contribution in [0.2, 0.25) is 0 Å². The molecule has 0 fully saturated rings. The van der Waals surface area contributed by atoms with Gasteiger partial charge < -0.3 is 4.74 Å². The zero-order chi connectivity index (χ0) is 19.3. The van der Waals surface area contributed by atoms with E-state index in [9.17, 15) is 19.3 Å². The number of hydrogen-bond acceptors (Lipinski definition) is 5. The minimum Gasteiger partial charge on any atom is -0.481 e. The summed E-state index contributed by atoms with van der Waals surface area (Å²) in [6.07, 6.45) is 0.978. The third kappa shape index (κ3) is 5.58. The molecule has 26 heavy (non-hydrogen) atoms. The molecule has 0 bridgehead atoms. The molecule has 1 amide bonds. The zero-order valence-corrected chi connectivity index (χ0v) is 17.5. The van der Waals surface area contributed by atoms with E-state index in [2.05, 4.69) is 58.3 Å². The Morgan fingerprint density at radius 3 is 2.54 bits per heavy atom. The fraction of sp³-hybridized carbons (Fsp3) is 0.0667. The summed E-state index contributed by atoms with van der Waals surface area (Å²) >= 11 is 9.95. The molecule has 0 atom stereocenters. The van der Waals surface area contributed by atoms with Gasteiger partial charge in [0.15, 0.2) is 6.61 Å². The van der Waals surface area contributed by atoms with Crippen molar-refractivity contribution >= 4 is 65.6 Å². The summed E-state index contributed by atoms with van der Waals surface area (Å²) < 4.78 is 21.1. The quantitative estimate of drug-likeness (QED) is 0.323. The number of benzene rings is 2. The first-order chi connectivity index (χ1) is 12.3. The molecule has 0 saturated heterocycles. The molecule has 0 aliphatic rings. The van der Waals surface area contributed by atoms with Crippen LogP contribution in [0, 0.1) is 15.9 Å². The number of halogens is 4. The first-order valence-electron chi connectivity index (χ1n) is 6.81. The normalized spacial score (nSPS) is 10.8. The van der Waals surface area contributed by atoms with E-state index < -0.39 is 16.6 Å². The van der Waals surface area contributed by atoms with Crippen molar-refractivity contribution in [2.45, 2.75) is 0 Å². The van der Waals surface area contributed by atoms with Gasteiger partial charge in [0, 0.05) is 22.2 Å². The second-order valence-corrected chi connectivity index (χ2v) is 7.37. The highest BCUT2D eigenvalue weighted by Crippen LogP contribution is 2.36. The number of hydrazone groups is 1. The van der Waals surface area contributed by atoms with Gasteiger partial charge >= 0.3 is 0 Å². The fourth-order valence-electron chi connectivity index (χ4n) is 1.75. The number of non-ortho nitro benzene ring substituents is 1. The number of carbonyl (C=O) groups excluding carboxylic acids is 1. The summed E-state index contributed by atoms with van der Waals surface area (Å²) in [7, 11) is 0. The maximum absolute atomic E-state index is 13.6. The Morgan fingerprint density at radius 1 is 1.27 bits per heavy atom. The number of nitro groups is 1. The lowest BCUT2D eigenvalue weighted by molar-refractivity contribution is -0.384. The number of nitro benzene ring substituents is 1. The van der Waals surface area contributed by atoms with Gasteiger partial charge in [-0.25, -0.2) is 9.82 Å². The van der Waals surface area contributed by atoms with Gasteiger partial charge in [0.1, 0.15) is 11.6 Å². The molecular weight excluding hydrogens is 545 g/mol. The van der Waals surface area contributed by atoms with Gasteiger partial charge in [-0.2, -0.15) is 5.10 Å². The molecule has 0 spiro atoms. The average Bonchev–Trinajstić information content (AvgIpc) is 2.55. The molecule has 0 unspecified atom stereocenters. The molecule has 0 aromatic heterocycles. The molecule has 2 aromatic carbocycles. The van der Waals surface area contributed by atoms with Crippen LogP contribution in [0.4, 0.5) is 10.1 Å². The predicted molar refractivity (Wildman–Crippen MR) is 104 cm³/mol. The standard InChI is InChI=1S/C15H9Br3FN3O4/c16-9-4-11(17)15(12(18)5-9)26-7-14(23)21-20-6-8-3-10(22(24)25)1-2-13(8)19/h1-6H,7H2,(H,21,23)/b20-6+. The molecule has 0 aliphatic heterocycles. The van der Waals surface area contributed by atoms with Crippen LogP contribution in [0.15, 0.2) is 48.9 Å². The number of ether oxygens (including phenoxy) is 1. The number of amides is 1. The van der Waals surface area contributed by atoms with Crippen LogP contribution < -0.4 is 10.2 Å². The van der Waals surface area contributed by atoms with Crippen molar-refractivity contribution in [3.05, 3.63) is 65.2 Å². The molecule has 1 N–H and O–H groups in total. The topological polar surface area (TPSA) is 93.8 Å². The third-order valence-electron chi connectivity index (χ3n) is 2.89. The summed E-state index contributed by atoms with van der Waals surface area (Å²) in [5.74, 6) is -0.863. The Morgan fingerprint density at radius 2 is 1.92 bits per heavy atom. The summed E-state index contributed by atoms with van der Waals surface area (Å²) in [4.78, 5) is 21.8. The van der Waals surface area contributed by atoms with E-state index in [4.69, 9.17) is 4.74 Å². The summed E-state index contributed by atoms with van der Waals surface area (Å²) in [6.45, 7) is -0.340. The van der Waals surface area contributed by atoms with Crippen LogP contribution in [0.3, 0.4) is 0 Å². The molecular formula is C15H9Br3FN3O4. The van der Waals surface area contributed by atoms with Crippen molar-refractivity contribution in [2.24, 2.45) is 5.10 Å². The van der Waals surface area contributed by atoms with Gasteiger partial charge in [0.2, 0.25) is 0 Å². The van der Waals surface area contributed by atoms with Crippen molar-refractivity contribution in [1.29, 1.82) is 0 Å². The monoisotopic (exact) mass is 551 g/mol. The molecule has 2 rings (SSSR count). The van der Waals surface area contributed by atoms with Gasteiger partial charge in [-0.1, -0.05) is 15.9 Å². The fourth-order valence-corrected chi connectivity index (χ4v) is 4.24. The third-order valence-corrected chi connectivity index (χ3v) is 4.53. The van der Waals surface area contributed by atoms with Crippen molar-refractivity contribution < 1.29 is 18.8 Å². The summed E-state index contributed by atoms with van der Waals surface area (Å²) in [5.41, 5.74) is 1.75. The number of nitrogens with zero attached hydrogens (tertiary/aromatic N) is 2. The van der Waals surface area contributed by atoms with Crippen LogP contribution in [-0.2, 0) is 4.79 Å². The van der Waals surface area contributed by atoms with Crippen LogP contribution in [-0.4, -0.2) is 23.7 Å². The first-order valence-corrected chi connectivity index (χ1v) is 9.19. The molecule has 136 valence electrons. The van der Waals surface area contributed by atoms with Gasteiger partial charge in [0.25, 0.3) is 11.6 Å². The van der Waals surface area contributed by atoms with Gasteiger partial charge in [0.05, 0.1) is 20.1 Å². The Balaban J connectivity index is 1.96. The molecule has 0 aliphatic carbocycles.